The Morgan fingerprint density at radius 1 is 1.38 bits per heavy atom. The highest BCUT2D eigenvalue weighted by Crippen LogP contribution is 2.36. The molecule has 0 saturated carbocycles. The molecule has 0 radical (unpaired) electrons. The number of aromatic nitrogens is 2. The van der Waals surface area contributed by atoms with Crippen LogP contribution in [0.15, 0.2) is 6.17 Å². The molecule has 1 aromatic heterocycles. The van der Waals surface area contributed by atoms with E-state index < -0.39 is 44.0 Å². The number of aryl methyl sites for hydroxylation is 2. The van der Waals surface area contributed by atoms with E-state index in [1.54, 1.807) is 27.7 Å². The van der Waals surface area contributed by atoms with Gasteiger partial charge in [0, 0.05) is 26.8 Å². The molecule has 0 atom stereocenters. The van der Waals surface area contributed by atoms with E-state index in [4.69, 9.17) is 18.9 Å². The Hall–Kier alpha value is -0.805. The van der Waals surface area contributed by atoms with Crippen molar-refractivity contribution in [3.8, 4) is 0 Å². The van der Waals surface area contributed by atoms with Gasteiger partial charge in [0.25, 0.3) is 0 Å². The molecule has 16 heavy (non-hydrogen) atoms. The molecule has 0 N–H and O–H groups in total. The van der Waals surface area contributed by atoms with Gasteiger partial charge in [0.1, 0.15) is 0 Å². The van der Waals surface area contributed by atoms with Gasteiger partial charge in [0.05, 0.1) is 18.3 Å². The lowest BCUT2D eigenvalue weighted by Crippen LogP contribution is -2.41. The summed E-state index contributed by atoms with van der Waals surface area (Å²) < 4.78 is 64.9. The van der Waals surface area contributed by atoms with Gasteiger partial charge in [-0.25, -0.2) is 0 Å². The Balaban J connectivity index is 2.61. The first-order valence-electron chi connectivity index (χ1n) is 8.54. The lowest BCUT2D eigenvalue weighted by Gasteiger charge is -2.32. The normalized spacial score (nSPS) is 30.8. The number of rotatable bonds is 1. The molecule has 1 aromatic rings. The standard InChI is InChI=1S/C11H19BN2O2/c1-8-9(7-14(6)13-8)12-15-10(2,3)11(4,5)16-12/h7H,1-6H3/i1D3,6D3,7D. The molecule has 1 aliphatic rings. The predicted octanol–water partition coefficient (Wildman–Crippen LogP) is 1.03. The molecule has 2 rings (SSSR count). The molecule has 1 fully saturated rings. The number of hydrogen-bond donors (Lipinski definition) is 0. The SMILES string of the molecule is [2H]c1c(B2OC(C)(C)C(C)(C)O2)c(C([2H])([2H])[2H])nn1C([2H])([2H])[2H]. The summed E-state index contributed by atoms with van der Waals surface area (Å²) in [5, 5.41) is 3.64. The summed E-state index contributed by atoms with van der Waals surface area (Å²) in [5.74, 6) is 0. The van der Waals surface area contributed by atoms with Crippen LogP contribution >= 0.6 is 0 Å². The highest BCUT2D eigenvalue weighted by molar-refractivity contribution is 6.62. The molecule has 0 aliphatic carbocycles. The molecule has 0 amide bonds. The van der Waals surface area contributed by atoms with Crippen LogP contribution in [0.2, 0.25) is 0 Å². The van der Waals surface area contributed by atoms with Crippen molar-refractivity contribution < 1.29 is 18.9 Å². The van der Waals surface area contributed by atoms with Crippen LogP contribution in [-0.4, -0.2) is 28.1 Å². The van der Waals surface area contributed by atoms with Crippen molar-refractivity contribution in [2.24, 2.45) is 6.98 Å². The number of hydrogen-bond acceptors (Lipinski definition) is 3. The van der Waals surface area contributed by atoms with E-state index in [1.165, 1.54) is 0 Å². The third kappa shape index (κ3) is 1.68. The van der Waals surface area contributed by atoms with Gasteiger partial charge in [-0.15, -0.1) is 0 Å². The van der Waals surface area contributed by atoms with Crippen molar-refractivity contribution >= 4 is 12.6 Å². The summed E-state index contributed by atoms with van der Waals surface area (Å²) in [5.41, 5.74) is -2.16. The van der Waals surface area contributed by atoms with Crippen LogP contribution in [0.1, 0.15) is 43.0 Å². The van der Waals surface area contributed by atoms with E-state index >= 15 is 0 Å². The zero-order valence-corrected chi connectivity index (χ0v) is 9.79. The van der Waals surface area contributed by atoms with Crippen LogP contribution in [0.4, 0.5) is 0 Å². The Kier molecular flexibility index (Phi) is 1.19. The first-order chi connectivity index (χ1) is 10.1. The number of nitrogens with zero attached hydrogens (tertiary/aromatic N) is 2. The summed E-state index contributed by atoms with van der Waals surface area (Å²) >= 11 is 0. The van der Waals surface area contributed by atoms with Crippen molar-refractivity contribution in [3.05, 3.63) is 11.9 Å². The minimum absolute atomic E-state index is 0.167. The second-order valence-corrected chi connectivity index (χ2v) is 4.87. The van der Waals surface area contributed by atoms with E-state index in [-0.39, 0.29) is 5.46 Å². The van der Waals surface area contributed by atoms with Crippen molar-refractivity contribution in [1.29, 1.82) is 0 Å². The minimum Gasteiger partial charge on any atom is -0.399 e. The lowest BCUT2D eigenvalue weighted by atomic mass is 9.79. The fraction of sp³-hybridized carbons (Fsp3) is 0.727. The van der Waals surface area contributed by atoms with Crippen LogP contribution in [0, 0.1) is 6.85 Å². The highest BCUT2D eigenvalue weighted by Gasteiger charge is 2.52. The Morgan fingerprint density at radius 2 is 2.00 bits per heavy atom. The molecule has 5 heteroatoms. The summed E-state index contributed by atoms with van der Waals surface area (Å²) in [7, 11) is -1.17. The van der Waals surface area contributed by atoms with Crippen molar-refractivity contribution in [3.63, 3.8) is 0 Å². The van der Waals surface area contributed by atoms with E-state index in [0.717, 1.165) is 0 Å². The monoisotopic (exact) mass is 229 g/mol. The maximum Gasteiger partial charge on any atom is 0.498 e. The smallest absolute Gasteiger partial charge is 0.399 e. The quantitative estimate of drug-likeness (QED) is 0.675. The van der Waals surface area contributed by atoms with Gasteiger partial charge in [-0.3, -0.25) is 4.68 Å². The average molecular weight is 229 g/mol. The second-order valence-electron chi connectivity index (χ2n) is 4.87. The molecule has 0 aromatic carbocycles. The molecule has 4 nitrogen and oxygen atoms in total. The molecule has 0 unspecified atom stereocenters. The fourth-order valence-corrected chi connectivity index (χ4v) is 1.47. The Labute approximate surface area is 107 Å². The summed E-state index contributed by atoms with van der Waals surface area (Å²) in [6.07, 6.45) is -0.547. The molecular formula is C11H19BN2O2. The van der Waals surface area contributed by atoms with Crippen molar-refractivity contribution in [1.82, 2.24) is 9.78 Å². The van der Waals surface area contributed by atoms with E-state index in [1.807, 2.05) is 0 Å². The minimum atomic E-state index is -2.76. The van der Waals surface area contributed by atoms with Crippen LogP contribution < -0.4 is 5.46 Å². The predicted molar refractivity (Wildman–Crippen MR) is 63.7 cm³/mol. The first kappa shape index (κ1) is 5.69. The maximum absolute atomic E-state index is 8.06. The summed E-state index contributed by atoms with van der Waals surface area (Å²) in [6.45, 7) is 1.66. The third-order valence-corrected chi connectivity index (χ3v) is 3.17. The Morgan fingerprint density at radius 3 is 2.50 bits per heavy atom. The van der Waals surface area contributed by atoms with E-state index in [0.29, 0.717) is 4.68 Å². The third-order valence-electron chi connectivity index (χ3n) is 3.17. The van der Waals surface area contributed by atoms with Crippen LogP contribution in [0.3, 0.4) is 0 Å². The van der Waals surface area contributed by atoms with Crippen LogP contribution in [0.25, 0.3) is 0 Å². The fourth-order valence-electron chi connectivity index (χ4n) is 1.47. The second kappa shape index (κ2) is 3.34. The van der Waals surface area contributed by atoms with Gasteiger partial charge in [-0.1, -0.05) is 0 Å². The van der Waals surface area contributed by atoms with Gasteiger partial charge in [-0.2, -0.15) is 5.10 Å². The van der Waals surface area contributed by atoms with E-state index in [9.17, 15) is 0 Å². The molecule has 1 saturated heterocycles. The zero-order chi connectivity index (χ0) is 18.0. The highest BCUT2D eigenvalue weighted by atomic mass is 16.7. The van der Waals surface area contributed by atoms with Gasteiger partial charge < -0.3 is 9.31 Å². The molecular weight excluding hydrogens is 203 g/mol. The van der Waals surface area contributed by atoms with Crippen LogP contribution in [0.5, 0.6) is 0 Å². The zero-order valence-electron chi connectivity index (χ0n) is 16.8. The van der Waals surface area contributed by atoms with Gasteiger partial charge in [0.2, 0.25) is 0 Å². The van der Waals surface area contributed by atoms with E-state index in [2.05, 4.69) is 5.10 Å². The molecule has 0 bridgehead atoms. The van der Waals surface area contributed by atoms with Gasteiger partial charge in [0.15, 0.2) is 0 Å². The van der Waals surface area contributed by atoms with Gasteiger partial charge in [-0.05, 0) is 34.5 Å². The summed E-state index contributed by atoms with van der Waals surface area (Å²) in [4.78, 5) is 0. The molecule has 1 aliphatic heterocycles. The average Bonchev–Trinajstić information content (AvgIpc) is 2.72. The van der Waals surface area contributed by atoms with Gasteiger partial charge >= 0.3 is 7.12 Å². The van der Waals surface area contributed by atoms with Crippen LogP contribution in [-0.2, 0) is 16.3 Å². The van der Waals surface area contributed by atoms with Crippen molar-refractivity contribution in [2.75, 3.05) is 0 Å². The molecule has 2 heterocycles. The molecule has 88 valence electrons. The maximum atomic E-state index is 8.06. The largest absolute Gasteiger partial charge is 0.498 e. The Bertz CT molecular complexity index is 605. The van der Waals surface area contributed by atoms with Crippen molar-refractivity contribution in [2.45, 2.75) is 45.7 Å². The summed E-state index contributed by atoms with van der Waals surface area (Å²) in [6, 6.07) is 0. The first-order valence-corrected chi connectivity index (χ1v) is 5.04. The lowest BCUT2D eigenvalue weighted by molar-refractivity contribution is 0.00578. The topological polar surface area (TPSA) is 36.3 Å². The molecule has 0 spiro atoms.